The van der Waals surface area contributed by atoms with Crippen molar-refractivity contribution in [3.05, 3.63) is 0 Å². The fourth-order valence-electron chi connectivity index (χ4n) is 6.15. The van der Waals surface area contributed by atoms with Crippen LogP contribution >= 0.6 is 0 Å². The van der Waals surface area contributed by atoms with Gasteiger partial charge in [0.1, 0.15) is 13.2 Å². The van der Waals surface area contributed by atoms with Gasteiger partial charge in [-0.1, -0.05) is 194 Å². The summed E-state index contributed by atoms with van der Waals surface area (Å²) in [6, 6.07) is 0. The lowest BCUT2D eigenvalue weighted by Gasteiger charge is -2.18. The van der Waals surface area contributed by atoms with E-state index in [4.69, 9.17) is 14.2 Å². The second-order valence-corrected chi connectivity index (χ2v) is 14.3. The lowest BCUT2D eigenvalue weighted by atomic mass is 10.1. The Balaban J connectivity index is 4.32. The fraction of sp³-hybridized carbons (Fsp3) is 0.929. The van der Waals surface area contributed by atoms with Gasteiger partial charge in [-0.3, -0.25) is 14.4 Å². The van der Waals surface area contributed by atoms with Crippen LogP contribution in [0.4, 0.5) is 0 Å². The zero-order chi connectivity index (χ0) is 35.2. The van der Waals surface area contributed by atoms with E-state index in [-0.39, 0.29) is 31.1 Å². The lowest BCUT2D eigenvalue weighted by Crippen LogP contribution is -2.30. The van der Waals surface area contributed by atoms with Gasteiger partial charge in [-0.25, -0.2) is 0 Å². The van der Waals surface area contributed by atoms with Gasteiger partial charge in [0.2, 0.25) is 0 Å². The highest BCUT2D eigenvalue weighted by Crippen LogP contribution is 2.15. The molecule has 0 heterocycles. The lowest BCUT2D eigenvalue weighted by molar-refractivity contribution is -0.167. The Morgan fingerprint density at radius 2 is 0.562 bits per heavy atom. The number of ether oxygens (including phenoxy) is 3. The molecule has 0 amide bonds. The van der Waals surface area contributed by atoms with Gasteiger partial charge in [0.15, 0.2) is 6.10 Å². The molecule has 284 valence electrons. The van der Waals surface area contributed by atoms with Crippen LogP contribution in [-0.4, -0.2) is 37.2 Å². The molecule has 0 fully saturated rings. The van der Waals surface area contributed by atoms with E-state index in [1.54, 1.807) is 0 Å². The molecule has 6 nitrogen and oxygen atoms in total. The molecule has 0 aliphatic rings. The van der Waals surface area contributed by atoms with Crippen LogP contribution in [0.2, 0.25) is 0 Å². The number of carbonyl (C=O) groups is 3. The number of rotatable bonds is 38. The molecule has 0 radical (unpaired) electrons. The van der Waals surface area contributed by atoms with Crippen LogP contribution < -0.4 is 0 Å². The number of esters is 3. The summed E-state index contributed by atoms with van der Waals surface area (Å²) in [7, 11) is 0. The van der Waals surface area contributed by atoms with Crippen LogP contribution in [0, 0.1) is 0 Å². The summed E-state index contributed by atoms with van der Waals surface area (Å²) in [5.74, 6) is -0.862. The molecule has 0 aromatic carbocycles. The van der Waals surface area contributed by atoms with Crippen molar-refractivity contribution in [2.24, 2.45) is 0 Å². The molecule has 1 atom stereocenters. The Labute approximate surface area is 298 Å². The van der Waals surface area contributed by atoms with Crippen LogP contribution in [0.25, 0.3) is 0 Å². The van der Waals surface area contributed by atoms with Crippen molar-refractivity contribution in [1.29, 1.82) is 0 Å². The van der Waals surface area contributed by atoms with E-state index in [2.05, 4.69) is 20.8 Å². The van der Waals surface area contributed by atoms with E-state index in [1.165, 1.54) is 135 Å². The Morgan fingerprint density at radius 3 is 0.833 bits per heavy atom. The van der Waals surface area contributed by atoms with Gasteiger partial charge in [0.25, 0.3) is 0 Å². The van der Waals surface area contributed by atoms with Gasteiger partial charge in [-0.05, 0) is 19.3 Å². The minimum atomic E-state index is -0.756. The minimum Gasteiger partial charge on any atom is -0.462 e. The van der Waals surface area contributed by atoms with Crippen LogP contribution in [0.15, 0.2) is 0 Å². The third-order valence-corrected chi connectivity index (χ3v) is 9.36. The maximum absolute atomic E-state index is 12.6. The quantitative estimate of drug-likeness (QED) is 0.0367. The summed E-state index contributed by atoms with van der Waals surface area (Å²) in [5, 5.41) is 0. The minimum absolute atomic E-state index is 0.0636. The van der Waals surface area contributed by atoms with E-state index in [0.717, 1.165) is 57.8 Å². The van der Waals surface area contributed by atoms with Crippen molar-refractivity contribution >= 4 is 17.9 Å². The standard InChI is InChI=1S/C42H80O6/c1-4-7-10-13-16-19-21-24-26-29-32-35-41(44)47-38-39(48-42(45)36-33-30-27-22-18-15-12-9-6-3)37-46-40(43)34-31-28-25-23-20-17-14-11-8-5-2/h39H,4-38H2,1-3H3/t39-/m0/s1. The number of carbonyl (C=O) groups excluding carboxylic acids is 3. The van der Waals surface area contributed by atoms with Gasteiger partial charge in [-0.15, -0.1) is 0 Å². The van der Waals surface area contributed by atoms with E-state index in [1.807, 2.05) is 0 Å². The third kappa shape index (κ3) is 35.7. The molecular weight excluding hydrogens is 600 g/mol. The average molecular weight is 681 g/mol. The number of hydrogen-bond donors (Lipinski definition) is 0. The largest absolute Gasteiger partial charge is 0.462 e. The normalized spacial score (nSPS) is 11.8. The van der Waals surface area contributed by atoms with Crippen LogP contribution in [0.1, 0.15) is 233 Å². The Kier molecular flexibility index (Phi) is 36.9. The molecule has 0 aromatic heterocycles. The molecule has 48 heavy (non-hydrogen) atoms. The molecule has 0 N–H and O–H groups in total. The summed E-state index contributed by atoms with van der Waals surface area (Å²) in [6.45, 7) is 6.60. The predicted octanol–water partition coefficient (Wildman–Crippen LogP) is 12.9. The van der Waals surface area contributed by atoms with Crippen LogP contribution in [-0.2, 0) is 28.6 Å². The van der Waals surface area contributed by atoms with Crippen LogP contribution in [0.3, 0.4) is 0 Å². The van der Waals surface area contributed by atoms with Crippen molar-refractivity contribution in [1.82, 2.24) is 0 Å². The van der Waals surface area contributed by atoms with E-state index >= 15 is 0 Å². The van der Waals surface area contributed by atoms with Gasteiger partial charge < -0.3 is 14.2 Å². The second kappa shape index (κ2) is 38.2. The van der Waals surface area contributed by atoms with Crippen molar-refractivity contribution in [2.45, 2.75) is 239 Å². The summed E-state index contributed by atoms with van der Waals surface area (Å²) in [4.78, 5) is 37.5. The first kappa shape index (κ1) is 46.4. The first-order valence-electron chi connectivity index (χ1n) is 21.0. The SMILES string of the molecule is CCCCCCCCCCCCCC(=O)OC[C@H](COC(=O)CCCCCCCCCCCC)OC(=O)CCCCCCCCCCC. The van der Waals surface area contributed by atoms with E-state index in [9.17, 15) is 14.4 Å². The topological polar surface area (TPSA) is 78.9 Å². The molecule has 0 bridgehead atoms. The molecule has 0 aliphatic carbocycles. The molecule has 0 saturated heterocycles. The third-order valence-electron chi connectivity index (χ3n) is 9.36. The summed E-state index contributed by atoms with van der Waals surface area (Å²) in [6.07, 6.45) is 36.5. The second-order valence-electron chi connectivity index (χ2n) is 14.3. The molecule has 0 aliphatic heterocycles. The molecule has 0 rings (SSSR count). The Morgan fingerprint density at radius 1 is 0.333 bits per heavy atom. The van der Waals surface area contributed by atoms with Gasteiger partial charge >= 0.3 is 17.9 Å². The maximum Gasteiger partial charge on any atom is 0.306 e. The van der Waals surface area contributed by atoms with Gasteiger partial charge in [-0.2, -0.15) is 0 Å². The van der Waals surface area contributed by atoms with Crippen molar-refractivity contribution in [2.75, 3.05) is 13.2 Å². The highest BCUT2D eigenvalue weighted by molar-refractivity contribution is 5.71. The van der Waals surface area contributed by atoms with Crippen molar-refractivity contribution < 1.29 is 28.6 Å². The monoisotopic (exact) mass is 681 g/mol. The number of hydrogen-bond acceptors (Lipinski definition) is 6. The van der Waals surface area contributed by atoms with Gasteiger partial charge in [0, 0.05) is 19.3 Å². The zero-order valence-electron chi connectivity index (χ0n) is 32.3. The average Bonchev–Trinajstić information content (AvgIpc) is 3.08. The Hall–Kier alpha value is -1.59. The summed E-state index contributed by atoms with van der Waals surface area (Å²) >= 11 is 0. The molecule has 0 spiro atoms. The van der Waals surface area contributed by atoms with Crippen molar-refractivity contribution in [3.63, 3.8) is 0 Å². The number of unbranched alkanes of at least 4 members (excludes halogenated alkanes) is 27. The fourth-order valence-corrected chi connectivity index (χ4v) is 6.15. The molecule has 6 heteroatoms. The molecule has 0 saturated carbocycles. The van der Waals surface area contributed by atoms with E-state index in [0.29, 0.717) is 19.3 Å². The van der Waals surface area contributed by atoms with Crippen LogP contribution in [0.5, 0.6) is 0 Å². The van der Waals surface area contributed by atoms with Crippen molar-refractivity contribution in [3.8, 4) is 0 Å². The first-order chi connectivity index (χ1) is 23.5. The maximum atomic E-state index is 12.6. The Bertz CT molecular complexity index is 708. The zero-order valence-corrected chi connectivity index (χ0v) is 32.3. The molecular formula is C42H80O6. The molecule has 0 aromatic rings. The summed E-state index contributed by atoms with van der Waals surface area (Å²) < 4.78 is 16.6. The van der Waals surface area contributed by atoms with E-state index < -0.39 is 6.10 Å². The highest BCUT2D eigenvalue weighted by Gasteiger charge is 2.19. The smallest absolute Gasteiger partial charge is 0.306 e. The first-order valence-corrected chi connectivity index (χ1v) is 21.0. The predicted molar refractivity (Wildman–Crippen MR) is 201 cm³/mol. The molecule has 0 unspecified atom stereocenters. The van der Waals surface area contributed by atoms with Gasteiger partial charge in [0.05, 0.1) is 0 Å². The summed E-state index contributed by atoms with van der Waals surface area (Å²) in [5.41, 5.74) is 0. The highest BCUT2D eigenvalue weighted by atomic mass is 16.6.